The van der Waals surface area contributed by atoms with Crippen molar-refractivity contribution in [3.63, 3.8) is 0 Å². The van der Waals surface area contributed by atoms with E-state index >= 15 is 0 Å². The van der Waals surface area contributed by atoms with E-state index < -0.39 is 0 Å². The van der Waals surface area contributed by atoms with Gasteiger partial charge in [-0.2, -0.15) is 0 Å². The minimum Gasteiger partial charge on any atom is -0.462 e. The van der Waals surface area contributed by atoms with Crippen LogP contribution in [0, 0.1) is 0 Å². The highest BCUT2D eigenvalue weighted by Crippen LogP contribution is 2.34. The Morgan fingerprint density at radius 1 is 1.21 bits per heavy atom. The molecule has 1 aliphatic heterocycles. The smallest absolute Gasteiger partial charge is 0.265 e. The second kappa shape index (κ2) is 8.55. The van der Waals surface area contributed by atoms with Gasteiger partial charge < -0.3 is 9.47 Å². The van der Waals surface area contributed by atoms with Gasteiger partial charge in [-0.05, 0) is 36.6 Å². The molecule has 29 heavy (non-hydrogen) atoms. The van der Waals surface area contributed by atoms with Crippen molar-refractivity contribution in [3.8, 4) is 11.5 Å². The third-order valence-corrected chi connectivity index (χ3v) is 4.91. The second-order valence-corrected chi connectivity index (χ2v) is 7.16. The number of halogens is 2. The van der Waals surface area contributed by atoms with Gasteiger partial charge in [0, 0.05) is 23.5 Å². The molecule has 1 aromatic heterocycles. The number of rotatable bonds is 4. The van der Waals surface area contributed by atoms with E-state index in [9.17, 15) is 4.79 Å². The van der Waals surface area contributed by atoms with Crippen molar-refractivity contribution >= 4 is 29.1 Å². The summed E-state index contributed by atoms with van der Waals surface area (Å²) in [6.07, 6.45) is 15.6. The maximum Gasteiger partial charge on any atom is 0.265 e. The first-order chi connectivity index (χ1) is 14.1. The number of nitrogens with zero attached hydrogens (tertiary/aromatic N) is 2. The lowest BCUT2D eigenvalue weighted by atomic mass is 10.0. The van der Waals surface area contributed by atoms with Crippen molar-refractivity contribution < 1.29 is 14.3 Å². The highest BCUT2D eigenvalue weighted by molar-refractivity contribution is 6.34. The van der Waals surface area contributed by atoms with E-state index in [1.54, 1.807) is 36.7 Å². The quantitative estimate of drug-likeness (QED) is 0.580. The fourth-order valence-corrected chi connectivity index (χ4v) is 3.23. The molecule has 4 rings (SSSR count). The molecule has 0 saturated carbocycles. The predicted molar refractivity (Wildman–Crippen MR) is 112 cm³/mol. The molecule has 7 heteroatoms. The average molecular weight is 427 g/mol. The zero-order chi connectivity index (χ0) is 20.2. The van der Waals surface area contributed by atoms with E-state index in [0.29, 0.717) is 27.1 Å². The van der Waals surface area contributed by atoms with E-state index in [2.05, 4.69) is 11.1 Å². The van der Waals surface area contributed by atoms with Crippen LogP contribution in [0.1, 0.15) is 23.2 Å². The predicted octanol–water partition coefficient (Wildman–Crippen LogP) is 6.24. The minimum atomic E-state index is -0.287. The third-order valence-electron chi connectivity index (χ3n) is 4.37. The third kappa shape index (κ3) is 4.36. The molecule has 5 nitrogen and oxygen atoms in total. The van der Waals surface area contributed by atoms with Crippen molar-refractivity contribution in [2.75, 3.05) is 0 Å². The lowest BCUT2D eigenvalue weighted by molar-refractivity contribution is 0.0853. The van der Waals surface area contributed by atoms with Gasteiger partial charge in [-0.25, -0.2) is 0 Å². The molecule has 0 radical (unpaired) electrons. The first kappa shape index (κ1) is 19.3. The molecule has 0 N–H and O–H groups in total. The summed E-state index contributed by atoms with van der Waals surface area (Å²) in [6, 6.07) is 6.46. The fourth-order valence-electron chi connectivity index (χ4n) is 2.91. The molecule has 0 bridgehead atoms. The number of amides is 1. The van der Waals surface area contributed by atoms with Gasteiger partial charge in [-0.3, -0.25) is 14.7 Å². The zero-order valence-electron chi connectivity index (χ0n) is 15.2. The first-order valence-corrected chi connectivity index (χ1v) is 9.68. The molecule has 2 heterocycles. The van der Waals surface area contributed by atoms with E-state index in [4.69, 9.17) is 32.7 Å². The van der Waals surface area contributed by atoms with Crippen LogP contribution >= 0.6 is 23.2 Å². The highest BCUT2D eigenvalue weighted by atomic mass is 35.5. The van der Waals surface area contributed by atoms with E-state index in [1.165, 1.54) is 23.6 Å². The highest BCUT2D eigenvalue weighted by Gasteiger charge is 2.22. The molecule has 0 fully saturated rings. The Morgan fingerprint density at radius 2 is 2.10 bits per heavy atom. The number of carbonyl (C=O) groups excluding carboxylic acids is 1. The summed E-state index contributed by atoms with van der Waals surface area (Å²) < 4.78 is 11.5. The number of benzene rings is 1. The molecule has 2 aromatic rings. The topological polar surface area (TPSA) is 51.7 Å². The van der Waals surface area contributed by atoms with Gasteiger partial charge in [0.1, 0.15) is 17.8 Å². The van der Waals surface area contributed by atoms with Crippen LogP contribution in [0.25, 0.3) is 0 Å². The van der Waals surface area contributed by atoms with E-state index in [1.807, 2.05) is 12.2 Å². The number of ether oxygens (including phenoxy) is 2. The summed E-state index contributed by atoms with van der Waals surface area (Å²) in [4.78, 5) is 18.7. The average Bonchev–Trinajstić information content (AvgIpc) is 2.77. The fraction of sp³-hybridized carbons (Fsp3) is 0.0909. The van der Waals surface area contributed by atoms with Crippen LogP contribution in [0.5, 0.6) is 11.5 Å². The van der Waals surface area contributed by atoms with Crippen molar-refractivity contribution in [3.05, 3.63) is 100 Å². The van der Waals surface area contributed by atoms with Crippen LogP contribution in [0.4, 0.5) is 0 Å². The van der Waals surface area contributed by atoms with Gasteiger partial charge in [-0.15, -0.1) is 0 Å². The van der Waals surface area contributed by atoms with Crippen LogP contribution in [-0.2, 0) is 4.74 Å². The van der Waals surface area contributed by atoms with Crippen molar-refractivity contribution in [2.24, 2.45) is 0 Å². The molecule has 2 aliphatic rings. The van der Waals surface area contributed by atoms with Crippen LogP contribution in [0.3, 0.4) is 0 Å². The van der Waals surface area contributed by atoms with Crippen molar-refractivity contribution in [1.82, 2.24) is 9.88 Å². The van der Waals surface area contributed by atoms with E-state index in [-0.39, 0.29) is 11.7 Å². The number of pyridine rings is 1. The molecular weight excluding hydrogens is 411 g/mol. The van der Waals surface area contributed by atoms with Gasteiger partial charge >= 0.3 is 0 Å². The summed E-state index contributed by atoms with van der Waals surface area (Å²) in [7, 11) is 0. The number of hydrogen-bond donors (Lipinski definition) is 0. The number of aromatic nitrogens is 1. The summed E-state index contributed by atoms with van der Waals surface area (Å²) in [5, 5.41) is 0.849. The Balaban J connectivity index is 1.62. The Hall–Kier alpha value is -3.02. The molecule has 1 aromatic carbocycles. The largest absolute Gasteiger partial charge is 0.462 e. The van der Waals surface area contributed by atoms with Gasteiger partial charge in [0.05, 0.1) is 23.0 Å². The minimum absolute atomic E-state index is 0.274. The first-order valence-electron chi connectivity index (χ1n) is 8.92. The van der Waals surface area contributed by atoms with Crippen molar-refractivity contribution in [1.29, 1.82) is 0 Å². The normalized spacial score (nSPS) is 15.4. The SMILES string of the molecule is O=C(c1ccncc1Oc1cc(Cl)ccc1Cl)N1C=COC(C2=CC=CCC2)=C1. The zero-order valence-corrected chi connectivity index (χ0v) is 16.7. The monoisotopic (exact) mass is 426 g/mol. The Morgan fingerprint density at radius 3 is 2.93 bits per heavy atom. The lowest BCUT2D eigenvalue weighted by Gasteiger charge is -2.22. The van der Waals surface area contributed by atoms with Crippen LogP contribution in [0.15, 0.2) is 84.9 Å². The van der Waals surface area contributed by atoms with Gasteiger partial charge in [0.25, 0.3) is 5.91 Å². The number of carbonyl (C=O) groups is 1. The Labute approximate surface area is 178 Å². The Bertz CT molecular complexity index is 1070. The maximum atomic E-state index is 13.2. The molecule has 0 spiro atoms. The van der Waals surface area contributed by atoms with E-state index in [0.717, 1.165) is 18.4 Å². The van der Waals surface area contributed by atoms with Crippen molar-refractivity contribution in [2.45, 2.75) is 12.8 Å². The lowest BCUT2D eigenvalue weighted by Crippen LogP contribution is -2.23. The maximum absolute atomic E-state index is 13.2. The second-order valence-electron chi connectivity index (χ2n) is 6.32. The molecule has 1 amide bonds. The summed E-state index contributed by atoms with van der Waals surface area (Å²) in [5.41, 5.74) is 1.36. The van der Waals surface area contributed by atoms with Crippen LogP contribution < -0.4 is 4.74 Å². The standard InChI is InChI=1S/C22H16Cl2N2O3/c23-16-6-7-18(24)19(12-16)29-20-13-25-9-8-17(20)22(27)26-10-11-28-21(14-26)15-4-2-1-3-5-15/h1-2,4,6-14H,3,5H2. The molecule has 0 unspecified atom stereocenters. The van der Waals surface area contributed by atoms with Gasteiger partial charge in [0.2, 0.25) is 0 Å². The summed E-state index contributed by atoms with van der Waals surface area (Å²) in [5.74, 6) is 0.967. The molecule has 1 aliphatic carbocycles. The Kier molecular flexibility index (Phi) is 5.69. The molecule has 0 saturated heterocycles. The van der Waals surface area contributed by atoms with Gasteiger partial charge in [-0.1, -0.05) is 41.4 Å². The summed E-state index contributed by atoms with van der Waals surface area (Å²) >= 11 is 12.2. The van der Waals surface area contributed by atoms with Crippen LogP contribution in [0.2, 0.25) is 10.0 Å². The van der Waals surface area contributed by atoms with Crippen LogP contribution in [-0.4, -0.2) is 15.8 Å². The molecule has 0 atom stereocenters. The number of hydrogen-bond acceptors (Lipinski definition) is 4. The molecule has 146 valence electrons. The molecular formula is C22H16Cl2N2O3. The number of allylic oxidation sites excluding steroid dienone is 4. The summed E-state index contributed by atoms with van der Waals surface area (Å²) in [6.45, 7) is 0. The van der Waals surface area contributed by atoms with Gasteiger partial charge in [0.15, 0.2) is 5.75 Å².